The molecule has 1 unspecified atom stereocenters. The molecule has 0 spiro atoms. The molecule has 29 heavy (non-hydrogen) atoms. The Hall–Kier alpha value is -3.61. The summed E-state index contributed by atoms with van der Waals surface area (Å²) < 4.78 is 10.6. The molecule has 0 radical (unpaired) electrons. The van der Waals surface area contributed by atoms with Gasteiger partial charge in [0.25, 0.3) is 5.91 Å². The molecule has 0 saturated carbocycles. The molecule has 1 aromatic heterocycles. The van der Waals surface area contributed by atoms with Crippen molar-refractivity contribution in [1.82, 2.24) is 15.3 Å². The highest BCUT2D eigenvalue weighted by Crippen LogP contribution is 2.27. The van der Waals surface area contributed by atoms with Crippen molar-refractivity contribution in [3.05, 3.63) is 77.7 Å². The maximum absolute atomic E-state index is 12.5. The van der Waals surface area contributed by atoms with Gasteiger partial charge in [0, 0.05) is 12.6 Å². The van der Waals surface area contributed by atoms with E-state index in [0.717, 1.165) is 11.1 Å². The highest BCUT2D eigenvalue weighted by Gasteiger charge is 2.13. The normalized spacial score (nSPS) is 11.4. The summed E-state index contributed by atoms with van der Waals surface area (Å²) >= 11 is 0. The van der Waals surface area contributed by atoms with Gasteiger partial charge in [-0.25, -0.2) is 9.97 Å². The quantitative estimate of drug-likeness (QED) is 0.609. The molecule has 0 aliphatic heterocycles. The van der Waals surface area contributed by atoms with Crippen LogP contribution >= 0.6 is 0 Å². The Kier molecular flexibility index (Phi) is 6.63. The fraction of sp³-hybridized carbons (Fsp3) is 0.227. The summed E-state index contributed by atoms with van der Waals surface area (Å²) in [5, 5.41) is 6.16. The van der Waals surface area contributed by atoms with Crippen molar-refractivity contribution in [2.24, 2.45) is 0 Å². The highest BCUT2D eigenvalue weighted by molar-refractivity contribution is 5.93. The van der Waals surface area contributed by atoms with Gasteiger partial charge >= 0.3 is 0 Å². The van der Waals surface area contributed by atoms with E-state index in [4.69, 9.17) is 9.47 Å². The zero-order chi connectivity index (χ0) is 20.6. The number of hydrogen-bond acceptors (Lipinski definition) is 6. The van der Waals surface area contributed by atoms with Gasteiger partial charge in [0.2, 0.25) is 0 Å². The number of benzene rings is 2. The summed E-state index contributed by atoms with van der Waals surface area (Å²) in [4.78, 5) is 20.8. The summed E-state index contributed by atoms with van der Waals surface area (Å²) in [6, 6.07) is 17.0. The van der Waals surface area contributed by atoms with Crippen LogP contribution < -0.4 is 20.1 Å². The Bertz CT molecular complexity index is 963. The maximum Gasteiger partial charge on any atom is 0.270 e. The van der Waals surface area contributed by atoms with Crippen LogP contribution in [0.2, 0.25) is 0 Å². The summed E-state index contributed by atoms with van der Waals surface area (Å²) in [7, 11) is 3.20. The number of rotatable bonds is 8. The molecule has 0 fully saturated rings. The molecule has 2 N–H and O–H groups in total. The number of nitrogens with one attached hydrogen (secondary N) is 2. The molecule has 3 aromatic rings. The number of aromatic nitrogens is 2. The highest BCUT2D eigenvalue weighted by atomic mass is 16.5. The molecule has 3 rings (SSSR count). The van der Waals surface area contributed by atoms with Gasteiger partial charge < -0.3 is 20.1 Å². The average molecular weight is 392 g/mol. The summed E-state index contributed by atoms with van der Waals surface area (Å²) in [5.74, 6) is 1.64. The van der Waals surface area contributed by atoms with Crippen molar-refractivity contribution in [2.75, 3.05) is 19.5 Å². The summed E-state index contributed by atoms with van der Waals surface area (Å²) in [6.07, 6.45) is 1.37. The summed E-state index contributed by atoms with van der Waals surface area (Å²) in [6.45, 7) is 2.45. The van der Waals surface area contributed by atoms with Crippen LogP contribution in [-0.4, -0.2) is 30.1 Å². The van der Waals surface area contributed by atoms with Crippen molar-refractivity contribution in [2.45, 2.75) is 19.5 Å². The van der Waals surface area contributed by atoms with E-state index in [9.17, 15) is 4.79 Å². The van der Waals surface area contributed by atoms with E-state index in [1.54, 1.807) is 20.3 Å². The first-order valence-electron chi connectivity index (χ1n) is 9.23. The van der Waals surface area contributed by atoms with E-state index in [1.807, 2.05) is 55.5 Å². The largest absolute Gasteiger partial charge is 0.493 e. The first-order chi connectivity index (χ1) is 14.1. The summed E-state index contributed by atoms with van der Waals surface area (Å²) in [5.41, 5.74) is 2.32. The molecule has 0 aliphatic carbocycles. The molecular weight excluding hydrogens is 368 g/mol. The smallest absolute Gasteiger partial charge is 0.270 e. The lowest BCUT2D eigenvalue weighted by atomic mass is 10.1. The maximum atomic E-state index is 12.5. The molecule has 0 bridgehead atoms. The minimum Gasteiger partial charge on any atom is -0.493 e. The molecule has 0 aliphatic rings. The van der Waals surface area contributed by atoms with Crippen molar-refractivity contribution < 1.29 is 14.3 Å². The third-order valence-corrected chi connectivity index (χ3v) is 4.47. The van der Waals surface area contributed by atoms with Gasteiger partial charge in [0.15, 0.2) is 11.5 Å². The number of carbonyl (C=O) groups is 1. The van der Waals surface area contributed by atoms with E-state index in [0.29, 0.717) is 29.6 Å². The predicted molar refractivity (Wildman–Crippen MR) is 111 cm³/mol. The molecule has 1 heterocycles. The van der Waals surface area contributed by atoms with Crippen molar-refractivity contribution >= 4 is 11.7 Å². The molecule has 150 valence electrons. The standard InChI is InChI=1S/C22H24N4O3/c1-15(17-7-5-4-6-8-17)26-22(27)18-12-21(25-14-24-18)23-13-16-9-10-19(28-2)20(11-16)29-3/h4-12,14-15H,13H2,1-3H3,(H,26,27)(H,23,24,25). The van der Waals surface area contributed by atoms with Crippen LogP contribution in [0, 0.1) is 0 Å². The zero-order valence-electron chi connectivity index (χ0n) is 16.7. The number of ether oxygens (including phenoxy) is 2. The van der Waals surface area contributed by atoms with Crippen LogP contribution in [-0.2, 0) is 6.54 Å². The number of methoxy groups -OCH3 is 2. The van der Waals surface area contributed by atoms with Gasteiger partial charge in [-0.1, -0.05) is 36.4 Å². The van der Waals surface area contributed by atoms with Crippen LogP contribution in [0.1, 0.15) is 34.6 Å². The van der Waals surface area contributed by atoms with Crippen molar-refractivity contribution in [3.63, 3.8) is 0 Å². The lowest BCUT2D eigenvalue weighted by molar-refractivity contribution is 0.0934. The monoisotopic (exact) mass is 392 g/mol. The van der Waals surface area contributed by atoms with Crippen LogP contribution in [0.15, 0.2) is 60.9 Å². The van der Waals surface area contributed by atoms with Crippen LogP contribution in [0.5, 0.6) is 11.5 Å². The fourth-order valence-electron chi connectivity index (χ4n) is 2.86. The van der Waals surface area contributed by atoms with Gasteiger partial charge in [-0.05, 0) is 30.2 Å². The number of carbonyl (C=O) groups excluding carboxylic acids is 1. The number of nitrogens with zero attached hydrogens (tertiary/aromatic N) is 2. The second-order valence-corrected chi connectivity index (χ2v) is 6.44. The van der Waals surface area contributed by atoms with Gasteiger partial charge in [0.05, 0.1) is 20.3 Å². The van der Waals surface area contributed by atoms with E-state index in [1.165, 1.54) is 6.33 Å². The zero-order valence-corrected chi connectivity index (χ0v) is 16.7. The van der Waals surface area contributed by atoms with E-state index < -0.39 is 0 Å². The minimum absolute atomic E-state index is 0.123. The van der Waals surface area contributed by atoms with Crippen LogP contribution in [0.4, 0.5) is 5.82 Å². The van der Waals surface area contributed by atoms with Gasteiger partial charge in [-0.2, -0.15) is 0 Å². The Labute approximate surface area is 170 Å². The van der Waals surface area contributed by atoms with E-state index in [-0.39, 0.29) is 11.9 Å². The Morgan fingerprint density at radius 1 is 1.00 bits per heavy atom. The lowest BCUT2D eigenvalue weighted by Crippen LogP contribution is -2.27. The second-order valence-electron chi connectivity index (χ2n) is 6.44. The van der Waals surface area contributed by atoms with Crippen molar-refractivity contribution in [1.29, 1.82) is 0 Å². The predicted octanol–water partition coefficient (Wildman–Crippen LogP) is 3.60. The van der Waals surface area contributed by atoms with Crippen LogP contribution in [0.25, 0.3) is 0 Å². The molecule has 1 amide bonds. The third kappa shape index (κ3) is 5.22. The molecule has 0 saturated heterocycles. The fourth-order valence-corrected chi connectivity index (χ4v) is 2.86. The minimum atomic E-state index is -0.252. The molecule has 2 aromatic carbocycles. The third-order valence-electron chi connectivity index (χ3n) is 4.47. The Balaban J connectivity index is 1.64. The molecule has 1 atom stereocenters. The number of amides is 1. The average Bonchev–Trinajstić information content (AvgIpc) is 2.78. The number of hydrogen-bond donors (Lipinski definition) is 2. The molecule has 7 nitrogen and oxygen atoms in total. The Morgan fingerprint density at radius 2 is 1.76 bits per heavy atom. The van der Waals surface area contributed by atoms with Crippen molar-refractivity contribution in [3.8, 4) is 11.5 Å². The van der Waals surface area contributed by atoms with E-state index in [2.05, 4.69) is 20.6 Å². The first-order valence-corrected chi connectivity index (χ1v) is 9.23. The Morgan fingerprint density at radius 3 is 2.48 bits per heavy atom. The van der Waals surface area contributed by atoms with Crippen LogP contribution in [0.3, 0.4) is 0 Å². The van der Waals surface area contributed by atoms with Gasteiger partial charge in [-0.3, -0.25) is 4.79 Å². The second kappa shape index (κ2) is 9.54. The SMILES string of the molecule is COc1ccc(CNc2cc(C(=O)NC(C)c3ccccc3)ncn2)cc1OC. The van der Waals surface area contributed by atoms with Gasteiger partial charge in [-0.15, -0.1) is 0 Å². The number of anilines is 1. The van der Waals surface area contributed by atoms with Gasteiger partial charge in [0.1, 0.15) is 17.8 Å². The topological polar surface area (TPSA) is 85.4 Å². The molecular formula is C22H24N4O3. The lowest BCUT2D eigenvalue weighted by Gasteiger charge is -2.14. The molecule has 7 heteroatoms. The van der Waals surface area contributed by atoms with E-state index >= 15 is 0 Å². The first kappa shape index (κ1) is 20.1.